The molecule has 0 bridgehead atoms. The normalized spacial score (nSPS) is 18.4. The van der Waals surface area contributed by atoms with Gasteiger partial charge in [-0.05, 0) is 25.9 Å². The molecule has 0 spiro atoms. The standard InChI is InChI=1S/C15H31N5O2.HI/c1-5-20-9-6-7-13(20)12-19(3)15(16-2)18-11-14(21)17-8-10-22-4;/h13H,5-12H2,1-4H3,(H,16,18)(H,17,21);1H. The van der Waals surface area contributed by atoms with Crippen molar-refractivity contribution < 1.29 is 9.53 Å². The summed E-state index contributed by atoms with van der Waals surface area (Å²) in [5, 5.41) is 5.89. The number of guanidine groups is 1. The molecular weight excluding hydrogens is 409 g/mol. The Labute approximate surface area is 157 Å². The van der Waals surface area contributed by atoms with Gasteiger partial charge >= 0.3 is 0 Å². The molecule has 1 aliphatic heterocycles. The highest BCUT2D eigenvalue weighted by molar-refractivity contribution is 14.0. The topological polar surface area (TPSA) is 69.2 Å². The molecule has 1 rings (SSSR count). The van der Waals surface area contributed by atoms with E-state index in [2.05, 4.69) is 32.3 Å². The van der Waals surface area contributed by atoms with Crippen molar-refractivity contribution in [2.75, 3.05) is 60.5 Å². The number of amides is 1. The van der Waals surface area contributed by atoms with Gasteiger partial charge in [0.25, 0.3) is 0 Å². The van der Waals surface area contributed by atoms with Crippen molar-refractivity contribution in [1.29, 1.82) is 0 Å². The molecule has 0 radical (unpaired) electrons. The summed E-state index contributed by atoms with van der Waals surface area (Å²) in [6, 6.07) is 0.573. The molecule has 0 aromatic rings. The van der Waals surface area contributed by atoms with E-state index in [1.165, 1.54) is 19.4 Å². The van der Waals surface area contributed by atoms with Gasteiger partial charge in [0.05, 0.1) is 13.2 Å². The molecule has 2 N–H and O–H groups in total. The minimum absolute atomic E-state index is 0. The summed E-state index contributed by atoms with van der Waals surface area (Å²) in [7, 11) is 5.38. The third-order valence-corrected chi connectivity index (χ3v) is 4.00. The lowest BCUT2D eigenvalue weighted by Gasteiger charge is -2.29. The summed E-state index contributed by atoms with van der Waals surface area (Å²) in [4.78, 5) is 20.5. The van der Waals surface area contributed by atoms with E-state index in [0.717, 1.165) is 19.0 Å². The predicted molar refractivity (Wildman–Crippen MR) is 105 cm³/mol. The Kier molecular flexibility index (Phi) is 12.4. The number of likely N-dealkylation sites (tertiary alicyclic amines) is 1. The maximum atomic E-state index is 11.7. The first-order valence-corrected chi connectivity index (χ1v) is 8.03. The molecule has 0 aromatic carbocycles. The molecule has 1 aliphatic rings. The Balaban J connectivity index is 0.00000484. The number of ether oxygens (including phenoxy) is 1. The lowest BCUT2D eigenvalue weighted by Crippen LogP contribution is -2.48. The summed E-state index contributed by atoms with van der Waals surface area (Å²) in [5.74, 6) is 0.701. The minimum Gasteiger partial charge on any atom is -0.383 e. The van der Waals surface area contributed by atoms with Crippen LogP contribution in [0.1, 0.15) is 19.8 Å². The first kappa shape index (κ1) is 22.4. The third-order valence-electron chi connectivity index (χ3n) is 4.00. The Morgan fingerprint density at radius 3 is 2.78 bits per heavy atom. The zero-order valence-corrected chi connectivity index (χ0v) is 17.1. The van der Waals surface area contributed by atoms with E-state index in [1.54, 1.807) is 14.2 Å². The van der Waals surface area contributed by atoms with E-state index in [0.29, 0.717) is 19.2 Å². The van der Waals surface area contributed by atoms with Crippen LogP contribution in [-0.4, -0.2) is 88.2 Å². The fourth-order valence-electron chi connectivity index (χ4n) is 2.82. The molecule has 8 heteroatoms. The summed E-state index contributed by atoms with van der Waals surface area (Å²) >= 11 is 0. The van der Waals surface area contributed by atoms with Gasteiger partial charge in [-0.1, -0.05) is 6.92 Å². The number of aliphatic imine (C=N–C) groups is 1. The van der Waals surface area contributed by atoms with Crippen LogP contribution in [0.25, 0.3) is 0 Å². The van der Waals surface area contributed by atoms with Crippen LogP contribution in [0, 0.1) is 0 Å². The molecule has 0 saturated carbocycles. The first-order valence-electron chi connectivity index (χ1n) is 8.03. The van der Waals surface area contributed by atoms with Gasteiger partial charge in [0.1, 0.15) is 0 Å². The Bertz CT molecular complexity index is 368. The quantitative estimate of drug-likeness (QED) is 0.247. The first-order chi connectivity index (χ1) is 10.6. The Morgan fingerprint density at radius 1 is 1.43 bits per heavy atom. The van der Waals surface area contributed by atoms with E-state index < -0.39 is 0 Å². The second-order valence-corrected chi connectivity index (χ2v) is 5.55. The molecule has 1 unspecified atom stereocenters. The van der Waals surface area contributed by atoms with Crippen LogP contribution in [0.5, 0.6) is 0 Å². The van der Waals surface area contributed by atoms with Gasteiger partial charge in [-0.15, -0.1) is 24.0 Å². The highest BCUT2D eigenvalue weighted by atomic mass is 127. The third kappa shape index (κ3) is 8.16. The van der Waals surface area contributed by atoms with Gasteiger partial charge in [-0.25, -0.2) is 0 Å². The zero-order valence-electron chi connectivity index (χ0n) is 14.8. The number of likely N-dealkylation sites (N-methyl/N-ethyl adjacent to an activating group) is 2. The molecule has 0 aromatic heterocycles. The zero-order chi connectivity index (χ0) is 16.4. The molecular formula is C15H32IN5O2. The molecule has 136 valence electrons. The van der Waals surface area contributed by atoms with Crippen LogP contribution in [0.3, 0.4) is 0 Å². The lowest BCUT2D eigenvalue weighted by molar-refractivity contribution is -0.120. The average molecular weight is 441 g/mol. The second-order valence-electron chi connectivity index (χ2n) is 5.55. The highest BCUT2D eigenvalue weighted by Gasteiger charge is 2.24. The van der Waals surface area contributed by atoms with Crippen LogP contribution in [0.2, 0.25) is 0 Å². The molecule has 7 nitrogen and oxygen atoms in total. The highest BCUT2D eigenvalue weighted by Crippen LogP contribution is 2.17. The Morgan fingerprint density at radius 2 is 2.17 bits per heavy atom. The Hall–Kier alpha value is -0.610. The summed E-state index contributed by atoms with van der Waals surface area (Å²) in [6.45, 7) is 6.68. The smallest absolute Gasteiger partial charge is 0.239 e. The van der Waals surface area contributed by atoms with Crippen molar-refractivity contribution >= 4 is 35.8 Å². The van der Waals surface area contributed by atoms with Crippen molar-refractivity contribution in [3.63, 3.8) is 0 Å². The van der Waals surface area contributed by atoms with Crippen LogP contribution < -0.4 is 10.6 Å². The number of carbonyl (C=O) groups is 1. The fraction of sp³-hybridized carbons (Fsp3) is 0.867. The maximum Gasteiger partial charge on any atom is 0.239 e. The summed E-state index contributed by atoms with van der Waals surface area (Å²) < 4.78 is 4.90. The predicted octanol–water partition coefficient (Wildman–Crippen LogP) is 0.359. The van der Waals surface area contributed by atoms with Crippen molar-refractivity contribution in [3.05, 3.63) is 0 Å². The monoisotopic (exact) mass is 441 g/mol. The molecule has 1 amide bonds. The van der Waals surface area contributed by atoms with Crippen molar-refractivity contribution in [2.45, 2.75) is 25.8 Å². The van der Waals surface area contributed by atoms with Gasteiger partial charge < -0.3 is 20.3 Å². The van der Waals surface area contributed by atoms with Crippen molar-refractivity contribution in [3.8, 4) is 0 Å². The van der Waals surface area contributed by atoms with Gasteiger partial charge in [-0.3, -0.25) is 14.7 Å². The van der Waals surface area contributed by atoms with Crippen LogP contribution in [-0.2, 0) is 9.53 Å². The molecule has 1 heterocycles. The van der Waals surface area contributed by atoms with E-state index in [1.807, 2.05) is 7.05 Å². The molecule has 1 saturated heterocycles. The number of nitrogens with zero attached hydrogens (tertiary/aromatic N) is 3. The second kappa shape index (κ2) is 12.8. The molecule has 1 atom stereocenters. The van der Waals surface area contributed by atoms with Crippen LogP contribution in [0.4, 0.5) is 0 Å². The number of halogens is 1. The van der Waals surface area contributed by atoms with E-state index in [4.69, 9.17) is 4.74 Å². The number of rotatable bonds is 8. The number of hydrogen-bond acceptors (Lipinski definition) is 4. The number of carbonyl (C=O) groups excluding carboxylic acids is 1. The van der Waals surface area contributed by atoms with Gasteiger partial charge in [0.2, 0.25) is 5.91 Å². The summed E-state index contributed by atoms with van der Waals surface area (Å²) in [6.07, 6.45) is 2.49. The van der Waals surface area contributed by atoms with Gasteiger partial charge in [-0.2, -0.15) is 0 Å². The van der Waals surface area contributed by atoms with Gasteiger partial charge in [0.15, 0.2) is 5.96 Å². The SMILES string of the molecule is CCN1CCCC1CN(C)C(=NC)NCC(=O)NCCOC.I. The fourth-order valence-corrected chi connectivity index (χ4v) is 2.82. The van der Waals surface area contributed by atoms with E-state index in [9.17, 15) is 4.79 Å². The number of hydrogen-bond donors (Lipinski definition) is 2. The van der Waals surface area contributed by atoms with Crippen LogP contribution in [0.15, 0.2) is 4.99 Å². The van der Waals surface area contributed by atoms with Gasteiger partial charge in [0, 0.05) is 40.3 Å². The summed E-state index contributed by atoms with van der Waals surface area (Å²) in [5.41, 5.74) is 0. The minimum atomic E-state index is -0.0531. The molecule has 1 fully saturated rings. The molecule has 0 aliphatic carbocycles. The number of methoxy groups -OCH3 is 1. The maximum absolute atomic E-state index is 11.7. The average Bonchev–Trinajstić information content (AvgIpc) is 2.95. The largest absolute Gasteiger partial charge is 0.383 e. The van der Waals surface area contributed by atoms with E-state index >= 15 is 0 Å². The molecule has 23 heavy (non-hydrogen) atoms. The lowest BCUT2D eigenvalue weighted by atomic mass is 10.2. The van der Waals surface area contributed by atoms with E-state index in [-0.39, 0.29) is 36.4 Å². The number of nitrogens with one attached hydrogen (secondary N) is 2. The van der Waals surface area contributed by atoms with Crippen molar-refractivity contribution in [1.82, 2.24) is 20.4 Å². The van der Waals surface area contributed by atoms with Crippen LogP contribution >= 0.6 is 24.0 Å². The van der Waals surface area contributed by atoms with Crippen molar-refractivity contribution in [2.24, 2.45) is 4.99 Å².